The number of anilines is 1. The first kappa shape index (κ1) is 13.8. The van der Waals surface area contributed by atoms with Crippen molar-refractivity contribution >= 4 is 23.3 Å². The van der Waals surface area contributed by atoms with Gasteiger partial charge in [0.15, 0.2) is 0 Å². The van der Waals surface area contributed by atoms with Crippen LogP contribution in [0, 0.1) is 0 Å². The molecule has 1 atom stereocenters. The Bertz CT molecular complexity index is 362. The summed E-state index contributed by atoms with van der Waals surface area (Å²) in [6.45, 7) is 0. The van der Waals surface area contributed by atoms with Gasteiger partial charge in [0.1, 0.15) is 0 Å². The van der Waals surface area contributed by atoms with Crippen LogP contribution >= 0.6 is 11.6 Å². The number of rotatable bonds is 6. The summed E-state index contributed by atoms with van der Waals surface area (Å²) in [5, 5.41) is 9.18. The summed E-state index contributed by atoms with van der Waals surface area (Å²) in [6, 6.07) is 7.63. The molecule has 0 unspecified atom stereocenters. The maximum absolute atomic E-state index is 11.2. The quantitative estimate of drug-likeness (QED) is 0.795. The number of halogens is 1. The lowest BCUT2D eigenvalue weighted by Crippen LogP contribution is -2.13. The summed E-state index contributed by atoms with van der Waals surface area (Å²) in [7, 11) is 3.91. The van der Waals surface area contributed by atoms with Gasteiger partial charge in [-0.15, -0.1) is 11.6 Å². The maximum Gasteiger partial charge on any atom is 0.310 e. The van der Waals surface area contributed by atoms with Crippen LogP contribution in [-0.4, -0.2) is 31.1 Å². The Hall–Kier alpha value is -1.22. The van der Waals surface area contributed by atoms with Crippen LogP contribution in [-0.2, 0) is 4.79 Å². The van der Waals surface area contributed by atoms with Crippen molar-refractivity contribution in [3.05, 3.63) is 29.8 Å². The normalized spacial score (nSPS) is 12.2. The lowest BCUT2D eigenvalue weighted by molar-refractivity contribution is -0.139. The molecule has 0 aliphatic rings. The molecule has 0 amide bonds. The SMILES string of the molecule is CN(C)c1ccc([C@@H](CCCCl)C(=O)O)cc1. The monoisotopic (exact) mass is 255 g/mol. The van der Waals surface area contributed by atoms with Crippen molar-refractivity contribution in [3.8, 4) is 0 Å². The molecule has 0 aromatic heterocycles. The summed E-state index contributed by atoms with van der Waals surface area (Å²) < 4.78 is 0. The second kappa shape index (κ2) is 6.50. The number of carbonyl (C=O) groups is 1. The van der Waals surface area contributed by atoms with Crippen molar-refractivity contribution in [1.82, 2.24) is 0 Å². The molecule has 0 aliphatic carbocycles. The van der Waals surface area contributed by atoms with E-state index in [-0.39, 0.29) is 0 Å². The van der Waals surface area contributed by atoms with E-state index in [0.29, 0.717) is 18.7 Å². The van der Waals surface area contributed by atoms with Gasteiger partial charge in [-0.3, -0.25) is 4.79 Å². The Balaban J connectivity index is 2.83. The van der Waals surface area contributed by atoms with Gasteiger partial charge in [-0.25, -0.2) is 0 Å². The van der Waals surface area contributed by atoms with Crippen molar-refractivity contribution in [2.24, 2.45) is 0 Å². The van der Waals surface area contributed by atoms with Crippen LogP contribution in [0.15, 0.2) is 24.3 Å². The van der Waals surface area contributed by atoms with Gasteiger partial charge in [0.25, 0.3) is 0 Å². The van der Waals surface area contributed by atoms with E-state index in [4.69, 9.17) is 11.6 Å². The Kier molecular flexibility index (Phi) is 5.29. The lowest BCUT2D eigenvalue weighted by atomic mass is 9.94. The number of hydrogen-bond acceptors (Lipinski definition) is 2. The molecule has 0 bridgehead atoms. The highest BCUT2D eigenvalue weighted by Gasteiger charge is 2.18. The smallest absolute Gasteiger partial charge is 0.310 e. The number of alkyl halides is 1. The average molecular weight is 256 g/mol. The van der Waals surface area contributed by atoms with Crippen LogP contribution in [0.25, 0.3) is 0 Å². The molecule has 4 heteroatoms. The second-order valence-corrected chi connectivity index (χ2v) is 4.59. The van der Waals surface area contributed by atoms with Crippen molar-refractivity contribution < 1.29 is 9.90 Å². The van der Waals surface area contributed by atoms with Gasteiger partial charge in [0, 0.05) is 25.7 Å². The highest BCUT2D eigenvalue weighted by molar-refractivity contribution is 6.17. The van der Waals surface area contributed by atoms with E-state index in [1.54, 1.807) is 0 Å². The number of benzene rings is 1. The molecule has 0 fully saturated rings. The minimum Gasteiger partial charge on any atom is -0.481 e. The van der Waals surface area contributed by atoms with E-state index in [2.05, 4.69) is 0 Å². The third-order valence-electron chi connectivity index (χ3n) is 2.74. The fraction of sp³-hybridized carbons (Fsp3) is 0.462. The molecule has 0 aliphatic heterocycles. The number of carboxylic acid groups (broad SMARTS) is 1. The average Bonchev–Trinajstić information content (AvgIpc) is 2.29. The Morgan fingerprint density at radius 1 is 1.35 bits per heavy atom. The van der Waals surface area contributed by atoms with E-state index in [0.717, 1.165) is 11.3 Å². The summed E-state index contributed by atoms with van der Waals surface area (Å²) in [5.74, 6) is -0.739. The van der Waals surface area contributed by atoms with E-state index in [1.165, 1.54) is 0 Å². The van der Waals surface area contributed by atoms with Crippen molar-refractivity contribution in [1.29, 1.82) is 0 Å². The van der Waals surface area contributed by atoms with Gasteiger partial charge in [-0.05, 0) is 30.5 Å². The Morgan fingerprint density at radius 2 is 1.94 bits per heavy atom. The zero-order chi connectivity index (χ0) is 12.8. The zero-order valence-corrected chi connectivity index (χ0v) is 10.9. The Labute approximate surface area is 107 Å². The van der Waals surface area contributed by atoms with Crippen LogP contribution in [0.4, 0.5) is 5.69 Å². The van der Waals surface area contributed by atoms with Crippen LogP contribution in [0.1, 0.15) is 24.3 Å². The highest BCUT2D eigenvalue weighted by Crippen LogP contribution is 2.24. The number of aliphatic carboxylic acids is 1. The van der Waals surface area contributed by atoms with Gasteiger partial charge < -0.3 is 10.0 Å². The number of carboxylic acids is 1. The maximum atomic E-state index is 11.2. The number of nitrogens with zero attached hydrogens (tertiary/aromatic N) is 1. The van der Waals surface area contributed by atoms with Crippen LogP contribution < -0.4 is 4.90 Å². The molecule has 17 heavy (non-hydrogen) atoms. The van der Waals surface area contributed by atoms with Gasteiger partial charge in [-0.2, -0.15) is 0 Å². The predicted molar refractivity (Wildman–Crippen MR) is 71.1 cm³/mol. The molecule has 0 radical (unpaired) electrons. The van der Waals surface area contributed by atoms with E-state index in [9.17, 15) is 9.90 Å². The molecule has 1 aromatic carbocycles. The minimum absolute atomic E-state index is 0.454. The first-order valence-electron chi connectivity index (χ1n) is 5.62. The van der Waals surface area contributed by atoms with Gasteiger partial charge >= 0.3 is 5.97 Å². The Morgan fingerprint density at radius 3 is 2.35 bits per heavy atom. The molecule has 1 aromatic rings. The molecule has 3 nitrogen and oxygen atoms in total. The summed E-state index contributed by atoms with van der Waals surface area (Å²) >= 11 is 5.60. The van der Waals surface area contributed by atoms with Gasteiger partial charge in [-0.1, -0.05) is 12.1 Å². The molecule has 1 rings (SSSR count). The molecule has 1 N–H and O–H groups in total. The summed E-state index contributed by atoms with van der Waals surface area (Å²) in [6.07, 6.45) is 1.30. The topological polar surface area (TPSA) is 40.5 Å². The molecule has 0 heterocycles. The molecule has 94 valence electrons. The standard InChI is InChI=1S/C13H18ClNO2/c1-15(2)11-7-5-10(6-8-11)12(13(16)17)4-3-9-14/h5-8,12H,3-4,9H2,1-2H3,(H,16,17)/t12-/m1/s1. The van der Waals surface area contributed by atoms with Crippen molar-refractivity contribution in [2.45, 2.75) is 18.8 Å². The van der Waals surface area contributed by atoms with E-state index in [1.807, 2.05) is 43.3 Å². The van der Waals surface area contributed by atoms with Crippen LogP contribution in [0.2, 0.25) is 0 Å². The van der Waals surface area contributed by atoms with E-state index < -0.39 is 11.9 Å². The van der Waals surface area contributed by atoms with E-state index >= 15 is 0 Å². The van der Waals surface area contributed by atoms with Crippen LogP contribution in [0.5, 0.6) is 0 Å². The fourth-order valence-corrected chi connectivity index (χ4v) is 1.87. The highest BCUT2D eigenvalue weighted by atomic mass is 35.5. The summed E-state index contributed by atoms with van der Waals surface area (Å²) in [5.41, 5.74) is 1.91. The van der Waals surface area contributed by atoms with Gasteiger partial charge in [0.05, 0.1) is 5.92 Å². The van der Waals surface area contributed by atoms with Crippen molar-refractivity contribution in [2.75, 3.05) is 24.9 Å². The minimum atomic E-state index is -0.785. The third kappa shape index (κ3) is 3.93. The molecule has 0 saturated carbocycles. The summed E-state index contributed by atoms with van der Waals surface area (Å²) in [4.78, 5) is 13.2. The molecular weight excluding hydrogens is 238 g/mol. The molecule has 0 saturated heterocycles. The number of hydrogen-bond donors (Lipinski definition) is 1. The largest absolute Gasteiger partial charge is 0.481 e. The first-order chi connectivity index (χ1) is 8.06. The second-order valence-electron chi connectivity index (χ2n) is 4.21. The van der Waals surface area contributed by atoms with Crippen molar-refractivity contribution in [3.63, 3.8) is 0 Å². The van der Waals surface area contributed by atoms with Crippen LogP contribution in [0.3, 0.4) is 0 Å². The van der Waals surface area contributed by atoms with Gasteiger partial charge in [0.2, 0.25) is 0 Å². The predicted octanol–water partition coefficient (Wildman–Crippen LogP) is 2.94. The molecule has 0 spiro atoms. The first-order valence-corrected chi connectivity index (χ1v) is 6.15. The lowest BCUT2D eigenvalue weighted by Gasteiger charge is -2.15. The third-order valence-corrected chi connectivity index (χ3v) is 3.00. The molecular formula is C13H18ClNO2. The fourth-order valence-electron chi connectivity index (χ4n) is 1.72. The zero-order valence-electron chi connectivity index (χ0n) is 10.2.